The fourth-order valence-electron chi connectivity index (χ4n) is 2.55. The number of anilines is 1. The molecule has 2 N–H and O–H groups in total. The lowest BCUT2D eigenvalue weighted by molar-refractivity contribution is -0.120. The van der Waals surface area contributed by atoms with Gasteiger partial charge in [0.1, 0.15) is 0 Å². The van der Waals surface area contributed by atoms with Crippen molar-refractivity contribution in [3.63, 3.8) is 0 Å². The molecule has 0 radical (unpaired) electrons. The van der Waals surface area contributed by atoms with E-state index in [1.54, 1.807) is 0 Å². The molecule has 2 aromatic carbocycles. The van der Waals surface area contributed by atoms with Gasteiger partial charge in [0.05, 0.1) is 10.6 Å². The minimum Gasteiger partial charge on any atom is -0.356 e. The lowest BCUT2D eigenvalue weighted by Gasteiger charge is -2.08. The van der Waals surface area contributed by atoms with Crippen LogP contribution in [0.3, 0.4) is 0 Å². The molecule has 0 spiro atoms. The first kappa shape index (κ1) is 20.6. The summed E-state index contributed by atoms with van der Waals surface area (Å²) in [7, 11) is -3.55. The lowest BCUT2D eigenvalue weighted by atomic mass is 10.1. The predicted molar refractivity (Wildman–Crippen MR) is 105 cm³/mol. The van der Waals surface area contributed by atoms with Gasteiger partial charge in [-0.05, 0) is 42.7 Å². The van der Waals surface area contributed by atoms with E-state index in [0.29, 0.717) is 12.2 Å². The Labute approximate surface area is 159 Å². The molecule has 2 amide bonds. The highest BCUT2D eigenvalue weighted by atomic mass is 32.2. The molecule has 0 aromatic heterocycles. The van der Waals surface area contributed by atoms with Gasteiger partial charge in [-0.15, -0.1) is 0 Å². The number of hydrogen-bond acceptors (Lipinski definition) is 4. The van der Waals surface area contributed by atoms with E-state index in [1.807, 2.05) is 30.3 Å². The summed E-state index contributed by atoms with van der Waals surface area (Å²) in [5.41, 5.74) is 1.73. The van der Waals surface area contributed by atoms with Crippen molar-refractivity contribution < 1.29 is 18.0 Å². The van der Waals surface area contributed by atoms with Crippen LogP contribution >= 0.6 is 0 Å². The molecule has 0 heterocycles. The number of nitrogens with one attached hydrogen (secondary N) is 2. The minimum absolute atomic E-state index is 0.0822. The number of amides is 2. The molecule has 0 saturated heterocycles. The first-order valence-electron chi connectivity index (χ1n) is 8.78. The second-order valence-corrected chi connectivity index (χ2v) is 8.32. The summed E-state index contributed by atoms with van der Waals surface area (Å²) in [6, 6.07) is 15.9. The van der Waals surface area contributed by atoms with Gasteiger partial charge >= 0.3 is 0 Å². The molecule has 0 saturated carbocycles. The van der Waals surface area contributed by atoms with Gasteiger partial charge < -0.3 is 10.6 Å². The van der Waals surface area contributed by atoms with E-state index in [-0.39, 0.29) is 28.9 Å². The minimum atomic E-state index is -3.55. The Hall–Kier alpha value is -2.67. The maximum atomic E-state index is 12.3. The third-order valence-electron chi connectivity index (χ3n) is 3.94. The molecule has 0 unspecified atom stereocenters. The molecule has 7 heteroatoms. The summed E-state index contributed by atoms with van der Waals surface area (Å²) < 4.78 is 24.6. The van der Waals surface area contributed by atoms with E-state index in [4.69, 9.17) is 0 Å². The van der Waals surface area contributed by atoms with Gasteiger partial charge in [-0.1, -0.05) is 30.3 Å². The van der Waals surface area contributed by atoms with Crippen LogP contribution in [0.25, 0.3) is 0 Å². The molecular formula is C20H24N2O4S. The number of hydrogen-bond donors (Lipinski definition) is 2. The molecule has 2 rings (SSSR count). The molecule has 0 aliphatic heterocycles. The monoisotopic (exact) mass is 388 g/mol. The Balaban J connectivity index is 1.75. The molecule has 144 valence electrons. The Morgan fingerprint density at radius 3 is 2.26 bits per heavy atom. The highest BCUT2D eigenvalue weighted by Crippen LogP contribution is 2.16. The van der Waals surface area contributed by atoms with Gasteiger partial charge in [-0.25, -0.2) is 8.42 Å². The molecule has 0 atom stereocenters. The Morgan fingerprint density at radius 2 is 1.63 bits per heavy atom. The number of carbonyl (C=O) groups excluding carboxylic acids is 2. The number of benzene rings is 2. The van der Waals surface area contributed by atoms with Crippen LogP contribution in [-0.4, -0.2) is 32.5 Å². The predicted octanol–water partition coefficient (Wildman–Crippen LogP) is 2.56. The molecule has 27 heavy (non-hydrogen) atoms. The number of aryl methyl sites for hydroxylation is 1. The molecular weight excluding hydrogens is 364 g/mol. The standard InChI is InChI=1S/C20H24N2O4S/c1-16(23)22-18-9-11-19(12-10-18)27(25,26)15-13-20(24)21-14-5-8-17-6-3-2-4-7-17/h2-4,6-7,9-12H,5,8,13-15H2,1H3,(H,21,24)(H,22,23). The largest absolute Gasteiger partial charge is 0.356 e. The molecule has 6 nitrogen and oxygen atoms in total. The van der Waals surface area contributed by atoms with Crippen molar-refractivity contribution in [2.75, 3.05) is 17.6 Å². The van der Waals surface area contributed by atoms with E-state index in [2.05, 4.69) is 10.6 Å². The first-order chi connectivity index (χ1) is 12.9. The zero-order valence-corrected chi connectivity index (χ0v) is 16.1. The van der Waals surface area contributed by atoms with Gasteiger partial charge in [-0.2, -0.15) is 0 Å². The van der Waals surface area contributed by atoms with Crippen LogP contribution in [0.2, 0.25) is 0 Å². The van der Waals surface area contributed by atoms with Crippen LogP contribution in [0, 0.1) is 0 Å². The Morgan fingerprint density at radius 1 is 0.963 bits per heavy atom. The van der Waals surface area contributed by atoms with E-state index < -0.39 is 9.84 Å². The third kappa shape index (κ3) is 7.22. The van der Waals surface area contributed by atoms with Crippen molar-refractivity contribution in [1.29, 1.82) is 0 Å². The smallest absolute Gasteiger partial charge is 0.221 e. The number of sulfone groups is 1. The number of rotatable bonds is 9. The highest BCUT2D eigenvalue weighted by molar-refractivity contribution is 7.91. The maximum absolute atomic E-state index is 12.3. The van der Waals surface area contributed by atoms with Gasteiger partial charge in [0.25, 0.3) is 0 Å². The molecule has 2 aromatic rings. The van der Waals surface area contributed by atoms with Crippen molar-refractivity contribution in [3.05, 3.63) is 60.2 Å². The van der Waals surface area contributed by atoms with Crippen molar-refractivity contribution in [3.8, 4) is 0 Å². The van der Waals surface area contributed by atoms with E-state index >= 15 is 0 Å². The zero-order chi connectivity index (χ0) is 19.7. The first-order valence-corrected chi connectivity index (χ1v) is 10.4. The number of carbonyl (C=O) groups is 2. The molecule has 0 aliphatic rings. The fourth-order valence-corrected chi connectivity index (χ4v) is 3.79. The summed E-state index contributed by atoms with van der Waals surface area (Å²) in [4.78, 5) is 23.0. The third-order valence-corrected chi connectivity index (χ3v) is 5.67. The van der Waals surface area contributed by atoms with E-state index in [0.717, 1.165) is 12.8 Å². The average molecular weight is 388 g/mol. The SMILES string of the molecule is CC(=O)Nc1ccc(S(=O)(=O)CCC(=O)NCCCc2ccccc2)cc1. The van der Waals surface area contributed by atoms with Gasteiger partial charge in [0.15, 0.2) is 9.84 Å². The zero-order valence-electron chi connectivity index (χ0n) is 15.3. The topological polar surface area (TPSA) is 92.3 Å². The van der Waals surface area contributed by atoms with Crippen LogP contribution < -0.4 is 10.6 Å². The summed E-state index contributed by atoms with van der Waals surface area (Å²) in [6.07, 6.45) is 1.58. The van der Waals surface area contributed by atoms with Crippen molar-refractivity contribution >= 4 is 27.3 Å². The van der Waals surface area contributed by atoms with Crippen molar-refractivity contribution in [2.45, 2.75) is 31.1 Å². The van der Waals surface area contributed by atoms with Crippen LogP contribution in [0.1, 0.15) is 25.3 Å². The van der Waals surface area contributed by atoms with E-state index in [9.17, 15) is 18.0 Å². The highest BCUT2D eigenvalue weighted by Gasteiger charge is 2.16. The van der Waals surface area contributed by atoms with Crippen LogP contribution in [-0.2, 0) is 25.8 Å². The summed E-state index contributed by atoms with van der Waals surface area (Å²) >= 11 is 0. The van der Waals surface area contributed by atoms with Gasteiger partial charge in [-0.3, -0.25) is 9.59 Å². The van der Waals surface area contributed by atoms with Crippen LogP contribution in [0.5, 0.6) is 0 Å². The lowest BCUT2D eigenvalue weighted by Crippen LogP contribution is -2.26. The summed E-state index contributed by atoms with van der Waals surface area (Å²) in [5.74, 6) is -0.757. The van der Waals surface area contributed by atoms with Crippen molar-refractivity contribution in [1.82, 2.24) is 5.32 Å². The molecule has 0 aliphatic carbocycles. The molecule has 0 bridgehead atoms. The summed E-state index contributed by atoms with van der Waals surface area (Å²) in [5, 5.41) is 5.33. The van der Waals surface area contributed by atoms with E-state index in [1.165, 1.54) is 36.8 Å². The second kappa shape index (κ2) is 9.87. The Kier molecular flexibility index (Phi) is 7.55. The molecule has 0 fully saturated rings. The van der Waals surface area contributed by atoms with Crippen molar-refractivity contribution in [2.24, 2.45) is 0 Å². The van der Waals surface area contributed by atoms with Gasteiger partial charge in [0, 0.05) is 25.6 Å². The summed E-state index contributed by atoms with van der Waals surface area (Å²) in [6.45, 7) is 1.89. The maximum Gasteiger partial charge on any atom is 0.221 e. The quantitative estimate of drug-likeness (QED) is 0.646. The Bertz CT molecular complexity index is 863. The normalized spacial score (nSPS) is 11.0. The van der Waals surface area contributed by atoms with Crippen LogP contribution in [0.4, 0.5) is 5.69 Å². The van der Waals surface area contributed by atoms with Gasteiger partial charge in [0.2, 0.25) is 11.8 Å². The average Bonchev–Trinajstić information content (AvgIpc) is 2.64. The second-order valence-electron chi connectivity index (χ2n) is 6.21. The van der Waals surface area contributed by atoms with Crippen LogP contribution in [0.15, 0.2) is 59.5 Å². The fraction of sp³-hybridized carbons (Fsp3) is 0.300.